The molecule has 2 aromatic rings. The highest BCUT2D eigenvalue weighted by Gasteiger charge is 2.30. The molecule has 0 amide bonds. The zero-order valence-corrected chi connectivity index (χ0v) is 16.8. The summed E-state index contributed by atoms with van der Waals surface area (Å²) in [5.41, 5.74) is 9.77. The van der Waals surface area contributed by atoms with Crippen LogP contribution in [0.5, 0.6) is 11.5 Å². The molecule has 1 N–H and O–H groups in total. The highest BCUT2D eigenvalue weighted by Crippen LogP contribution is 2.37. The summed E-state index contributed by atoms with van der Waals surface area (Å²) >= 11 is 1.72. The number of nitrogens with one attached hydrogen (secondary N) is 1. The molecule has 3 unspecified atom stereocenters. The maximum absolute atomic E-state index is 7.75. The van der Waals surface area contributed by atoms with Gasteiger partial charge in [-0.1, -0.05) is 38.9 Å². The van der Waals surface area contributed by atoms with Crippen molar-refractivity contribution in [3.63, 3.8) is 0 Å². The van der Waals surface area contributed by atoms with Crippen molar-refractivity contribution in [2.75, 3.05) is 26.6 Å². The van der Waals surface area contributed by atoms with Gasteiger partial charge in [0.25, 0.3) is 0 Å². The van der Waals surface area contributed by atoms with E-state index in [0.717, 1.165) is 38.7 Å². The Kier molecular flexibility index (Phi) is 6.28. The van der Waals surface area contributed by atoms with Crippen LogP contribution in [-0.2, 0) is 0 Å². The van der Waals surface area contributed by atoms with E-state index in [1.807, 2.05) is 30.3 Å². The quantitative estimate of drug-likeness (QED) is 0.570. The summed E-state index contributed by atoms with van der Waals surface area (Å²) in [6, 6.07) is 13.7. The highest BCUT2D eigenvalue weighted by molar-refractivity contribution is 8.14. The van der Waals surface area contributed by atoms with Crippen LogP contribution in [0.1, 0.15) is 17.2 Å². The van der Waals surface area contributed by atoms with Gasteiger partial charge in [-0.3, -0.25) is 4.99 Å². The number of ether oxygens (including phenoxy) is 2. The summed E-state index contributed by atoms with van der Waals surface area (Å²) in [5, 5.41) is 5.96. The van der Waals surface area contributed by atoms with Gasteiger partial charge in [0.05, 0.1) is 30.6 Å². The second-order valence-corrected chi connectivity index (χ2v) is 7.81. The third kappa shape index (κ3) is 3.76. The monoisotopic (exact) mass is 387 g/mol. The van der Waals surface area contributed by atoms with Gasteiger partial charge in [-0.2, -0.15) is 5.11 Å². The standard InChI is InChI=1S/C19H22N3O2PS/c1-23-15-9-13(10-16(24-2)18(15)25-3)17(22-20)14-11-26-19(21-14)12-7-5-4-6-8-12/h4-10,14,17,20,25H,11H2,1-3H3. The number of hydrogen-bond donors (Lipinski definition) is 1. The Morgan fingerprint density at radius 1 is 1.19 bits per heavy atom. The molecule has 0 saturated carbocycles. The average Bonchev–Trinajstić information content (AvgIpc) is 3.18. The van der Waals surface area contributed by atoms with Crippen LogP contribution in [0.15, 0.2) is 52.6 Å². The van der Waals surface area contributed by atoms with Crippen molar-refractivity contribution >= 4 is 30.7 Å². The van der Waals surface area contributed by atoms with Gasteiger partial charge in [0.2, 0.25) is 0 Å². The molecule has 7 heteroatoms. The van der Waals surface area contributed by atoms with E-state index in [4.69, 9.17) is 20.0 Å². The fraction of sp³-hybridized carbons (Fsp3) is 0.316. The van der Waals surface area contributed by atoms with Gasteiger partial charge in [-0.25, -0.2) is 5.53 Å². The van der Waals surface area contributed by atoms with Crippen LogP contribution in [0.25, 0.3) is 0 Å². The Morgan fingerprint density at radius 2 is 1.85 bits per heavy atom. The Bertz CT molecular complexity index is 789. The molecule has 3 atom stereocenters. The molecule has 0 aliphatic carbocycles. The summed E-state index contributed by atoms with van der Waals surface area (Å²) in [5.74, 6) is 2.37. The van der Waals surface area contributed by atoms with Crippen molar-refractivity contribution in [1.82, 2.24) is 0 Å². The van der Waals surface area contributed by atoms with Crippen LogP contribution in [0.3, 0.4) is 0 Å². The lowest BCUT2D eigenvalue weighted by molar-refractivity contribution is 0.398. The van der Waals surface area contributed by atoms with Crippen LogP contribution < -0.4 is 14.8 Å². The van der Waals surface area contributed by atoms with Crippen LogP contribution >= 0.6 is 20.3 Å². The van der Waals surface area contributed by atoms with E-state index in [0.29, 0.717) is 8.58 Å². The number of thioether (sulfide) groups is 1. The minimum Gasteiger partial charge on any atom is -0.496 e. The first-order valence-electron chi connectivity index (χ1n) is 8.28. The van der Waals surface area contributed by atoms with Crippen molar-refractivity contribution in [2.24, 2.45) is 10.1 Å². The molecule has 0 bridgehead atoms. The largest absolute Gasteiger partial charge is 0.496 e. The number of nitrogens with zero attached hydrogens (tertiary/aromatic N) is 2. The molecule has 0 radical (unpaired) electrons. The summed E-state index contributed by atoms with van der Waals surface area (Å²) < 4.78 is 11.1. The van der Waals surface area contributed by atoms with Gasteiger partial charge < -0.3 is 9.47 Å². The Morgan fingerprint density at radius 3 is 2.38 bits per heavy atom. The topological polar surface area (TPSA) is 67.0 Å². The highest BCUT2D eigenvalue weighted by atomic mass is 32.2. The fourth-order valence-corrected chi connectivity index (χ4v) is 4.96. The minimum absolute atomic E-state index is 0.0722. The Hall–Kier alpha value is -1.91. The van der Waals surface area contributed by atoms with Gasteiger partial charge in [-0.05, 0) is 24.4 Å². The van der Waals surface area contributed by atoms with E-state index in [-0.39, 0.29) is 12.1 Å². The van der Waals surface area contributed by atoms with Crippen LogP contribution in [0, 0.1) is 5.53 Å². The minimum atomic E-state index is -0.347. The molecule has 136 valence electrons. The molecular formula is C19H22N3O2PS. The van der Waals surface area contributed by atoms with Crippen LogP contribution in [-0.4, -0.2) is 37.7 Å². The number of aliphatic imine (C=N–C) groups is 1. The maximum Gasteiger partial charge on any atom is 0.130 e. The van der Waals surface area contributed by atoms with Gasteiger partial charge in [0, 0.05) is 11.3 Å². The maximum atomic E-state index is 7.75. The molecular weight excluding hydrogens is 365 g/mol. The number of benzene rings is 2. The van der Waals surface area contributed by atoms with Crippen LogP contribution in [0.2, 0.25) is 0 Å². The molecule has 0 saturated heterocycles. The van der Waals surface area contributed by atoms with Crippen molar-refractivity contribution in [3.8, 4) is 11.5 Å². The lowest BCUT2D eigenvalue weighted by Crippen LogP contribution is -2.16. The van der Waals surface area contributed by atoms with Crippen LogP contribution in [0.4, 0.5) is 0 Å². The van der Waals surface area contributed by atoms with E-state index < -0.39 is 0 Å². The van der Waals surface area contributed by atoms with Gasteiger partial charge in [0.15, 0.2) is 0 Å². The SMILES string of the molecule is COc1cc(C(N=N)C2CSC(c3ccccc3)=N2)cc(OC)c1PC. The van der Waals surface area contributed by atoms with Gasteiger partial charge >= 0.3 is 0 Å². The summed E-state index contributed by atoms with van der Waals surface area (Å²) in [6.45, 7) is 2.09. The second kappa shape index (κ2) is 8.65. The van der Waals surface area contributed by atoms with E-state index >= 15 is 0 Å². The molecule has 5 nitrogen and oxygen atoms in total. The summed E-state index contributed by atoms with van der Waals surface area (Å²) in [7, 11) is 3.87. The smallest absolute Gasteiger partial charge is 0.130 e. The molecule has 0 spiro atoms. The number of rotatable bonds is 7. The predicted octanol–water partition coefficient (Wildman–Crippen LogP) is 4.27. The Balaban J connectivity index is 1.95. The lowest BCUT2D eigenvalue weighted by atomic mass is 10.0. The van der Waals surface area contributed by atoms with Gasteiger partial charge in [0.1, 0.15) is 17.5 Å². The first-order chi connectivity index (χ1) is 12.7. The first kappa shape index (κ1) is 18.9. The average molecular weight is 387 g/mol. The molecule has 0 aromatic heterocycles. The molecule has 26 heavy (non-hydrogen) atoms. The third-order valence-corrected chi connectivity index (χ3v) is 6.43. The molecule has 3 rings (SSSR count). The summed E-state index contributed by atoms with van der Waals surface area (Å²) in [6.07, 6.45) is 0. The zero-order valence-electron chi connectivity index (χ0n) is 15.0. The zero-order chi connectivity index (χ0) is 18.5. The van der Waals surface area contributed by atoms with E-state index in [9.17, 15) is 0 Å². The number of methoxy groups -OCH3 is 2. The molecule has 1 aliphatic heterocycles. The molecule has 1 heterocycles. The Labute approximate surface area is 159 Å². The molecule has 1 aliphatic rings. The van der Waals surface area contributed by atoms with Crippen molar-refractivity contribution in [1.29, 1.82) is 5.53 Å². The van der Waals surface area contributed by atoms with Gasteiger partial charge in [-0.15, -0.1) is 11.8 Å². The molecule has 0 fully saturated rings. The normalized spacial score (nSPS) is 18.0. The molecule has 2 aromatic carbocycles. The van der Waals surface area contributed by atoms with E-state index in [2.05, 4.69) is 23.9 Å². The lowest BCUT2D eigenvalue weighted by Gasteiger charge is -2.19. The van der Waals surface area contributed by atoms with E-state index in [1.54, 1.807) is 26.0 Å². The predicted molar refractivity (Wildman–Crippen MR) is 111 cm³/mol. The van der Waals surface area contributed by atoms with Crippen molar-refractivity contribution < 1.29 is 9.47 Å². The third-order valence-electron chi connectivity index (χ3n) is 4.32. The summed E-state index contributed by atoms with van der Waals surface area (Å²) in [4.78, 5) is 4.85. The van der Waals surface area contributed by atoms with E-state index in [1.165, 1.54) is 0 Å². The number of hydrogen-bond acceptors (Lipinski definition) is 6. The van der Waals surface area contributed by atoms with Crippen molar-refractivity contribution in [3.05, 3.63) is 53.6 Å². The second-order valence-electron chi connectivity index (χ2n) is 5.80. The van der Waals surface area contributed by atoms with Crippen molar-refractivity contribution in [2.45, 2.75) is 12.1 Å². The fourth-order valence-electron chi connectivity index (χ4n) is 3.02. The first-order valence-corrected chi connectivity index (χ1v) is 10.8.